The van der Waals surface area contributed by atoms with Gasteiger partial charge < -0.3 is 0 Å². The van der Waals surface area contributed by atoms with E-state index in [2.05, 4.69) is 161 Å². The molecule has 1 heterocycles. The van der Waals surface area contributed by atoms with Crippen LogP contribution in [0, 0.1) is 13.8 Å². The monoisotopic (exact) mass is 556 g/mol. The third-order valence-electron chi connectivity index (χ3n) is 9.46. The van der Waals surface area contributed by atoms with Crippen LogP contribution in [-0.4, -0.2) is 8.07 Å². The molecule has 42 heavy (non-hydrogen) atoms. The molecule has 0 saturated carbocycles. The number of aryl methyl sites for hydroxylation is 2. The average Bonchev–Trinajstić information content (AvgIpc) is 3.30. The molecule has 0 saturated heterocycles. The summed E-state index contributed by atoms with van der Waals surface area (Å²) in [5, 5.41) is 8.48. The van der Waals surface area contributed by atoms with Crippen LogP contribution >= 0.6 is 0 Å². The van der Waals surface area contributed by atoms with Gasteiger partial charge in [-0.1, -0.05) is 153 Å². The quantitative estimate of drug-likeness (QED) is 0.185. The van der Waals surface area contributed by atoms with Gasteiger partial charge in [0, 0.05) is 0 Å². The van der Waals surface area contributed by atoms with Gasteiger partial charge in [-0.3, -0.25) is 0 Å². The summed E-state index contributed by atoms with van der Waals surface area (Å²) >= 11 is 0. The van der Waals surface area contributed by atoms with Crippen molar-refractivity contribution in [2.24, 2.45) is 0 Å². The molecule has 0 unspecified atom stereocenters. The van der Waals surface area contributed by atoms with Gasteiger partial charge >= 0.3 is 0 Å². The second kappa shape index (κ2) is 10.4. The number of fused-ring (bicyclic) bond motifs is 2. The van der Waals surface area contributed by atoms with Crippen molar-refractivity contribution < 1.29 is 0 Å². The van der Waals surface area contributed by atoms with Crippen molar-refractivity contribution in [1.29, 1.82) is 0 Å². The summed E-state index contributed by atoms with van der Waals surface area (Å²) in [5.41, 5.74) is 11.0. The smallest absolute Gasteiger partial charge is 0.0672 e. The van der Waals surface area contributed by atoms with Crippen LogP contribution in [0.3, 0.4) is 0 Å². The number of allylic oxidation sites excluding steroid dienone is 2. The molecule has 0 fully saturated rings. The van der Waals surface area contributed by atoms with Crippen molar-refractivity contribution in [3.63, 3.8) is 0 Å². The van der Waals surface area contributed by atoms with Gasteiger partial charge in [-0.15, -0.1) is 0 Å². The largest absolute Gasteiger partial charge is 0.118 e. The molecule has 7 rings (SSSR count). The molecule has 0 aromatic heterocycles. The lowest BCUT2D eigenvalue weighted by atomic mass is 9.86. The van der Waals surface area contributed by atoms with Gasteiger partial charge in [0.05, 0.1) is 0 Å². The average molecular weight is 557 g/mol. The molecule has 1 aliphatic heterocycles. The van der Waals surface area contributed by atoms with Crippen LogP contribution in [0.15, 0.2) is 133 Å². The van der Waals surface area contributed by atoms with E-state index in [1.807, 2.05) is 0 Å². The second-order valence-corrected chi connectivity index (χ2v) is 16.2. The molecular weight excluding hydrogens is 521 g/mol. The fraction of sp³-hybridized carbons (Fsp3) is 0.122. The Morgan fingerprint density at radius 3 is 1.24 bits per heavy atom. The Morgan fingerprint density at radius 2 is 0.833 bits per heavy atom. The van der Waals surface area contributed by atoms with E-state index in [1.54, 1.807) is 10.4 Å². The van der Waals surface area contributed by atoms with Gasteiger partial charge in [0.2, 0.25) is 0 Å². The maximum Gasteiger partial charge on any atom is 0.118 e. The van der Waals surface area contributed by atoms with E-state index in [9.17, 15) is 0 Å². The zero-order valence-corrected chi connectivity index (χ0v) is 25.9. The summed E-state index contributed by atoms with van der Waals surface area (Å²) < 4.78 is 0. The van der Waals surface area contributed by atoms with Crippen LogP contribution in [-0.2, 0) is 0 Å². The summed E-state index contributed by atoms with van der Waals surface area (Å²) in [6, 6.07) is 50.7. The number of hydrogen-bond acceptors (Lipinski definition) is 0. The number of benzene rings is 6. The van der Waals surface area contributed by atoms with E-state index >= 15 is 0 Å². The first-order valence-corrected chi connectivity index (χ1v) is 17.8. The van der Waals surface area contributed by atoms with E-state index in [-0.39, 0.29) is 0 Å². The van der Waals surface area contributed by atoms with Crippen molar-refractivity contribution in [1.82, 2.24) is 0 Å². The van der Waals surface area contributed by atoms with Crippen LogP contribution < -0.4 is 0 Å². The lowest BCUT2D eigenvalue weighted by Crippen LogP contribution is -2.32. The maximum absolute atomic E-state index is 2.64. The second-order valence-electron chi connectivity index (χ2n) is 11.9. The highest BCUT2D eigenvalue weighted by Crippen LogP contribution is 2.59. The maximum atomic E-state index is 2.64. The van der Waals surface area contributed by atoms with Crippen LogP contribution in [0.1, 0.15) is 40.3 Å². The summed E-state index contributed by atoms with van der Waals surface area (Å²) in [6.45, 7) is 9.69. The highest BCUT2D eigenvalue weighted by molar-refractivity contribution is 7.14. The summed E-state index contributed by atoms with van der Waals surface area (Å²) in [7, 11) is -2.33. The minimum atomic E-state index is -2.33. The fourth-order valence-corrected chi connectivity index (χ4v) is 11.7. The van der Waals surface area contributed by atoms with Gasteiger partial charge in [-0.2, -0.15) is 0 Å². The number of rotatable bonds is 5. The van der Waals surface area contributed by atoms with Crippen LogP contribution in [0.2, 0.25) is 12.6 Å². The van der Waals surface area contributed by atoms with Gasteiger partial charge in [-0.25, -0.2) is 0 Å². The van der Waals surface area contributed by atoms with Crippen LogP contribution in [0.5, 0.6) is 0 Å². The SMILES string of the molecule is CC[Si]1(C)C(c2c(C)ccc3ccccc23)=C(c2ccccc2)C(c2ccccc2)=C1c1c(C)ccc2ccccc12. The predicted molar refractivity (Wildman–Crippen MR) is 186 cm³/mol. The van der Waals surface area contributed by atoms with Crippen molar-refractivity contribution in [2.45, 2.75) is 33.4 Å². The minimum Gasteiger partial charge on any atom is -0.0672 e. The molecule has 1 heteroatoms. The predicted octanol–water partition coefficient (Wildman–Crippen LogP) is 11.3. The van der Waals surface area contributed by atoms with E-state index in [1.165, 1.54) is 66.1 Å². The third kappa shape index (κ3) is 4.03. The van der Waals surface area contributed by atoms with Crippen molar-refractivity contribution in [3.8, 4) is 0 Å². The van der Waals surface area contributed by atoms with Crippen LogP contribution in [0.4, 0.5) is 0 Å². The summed E-state index contributed by atoms with van der Waals surface area (Å²) in [4.78, 5) is 0. The topological polar surface area (TPSA) is 0 Å². The van der Waals surface area contributed by atoms with Gasteiger partial charge in [0.15, 0.2) is 0 Å². The first-order chi connectivity index (χ1) is 20.5. The molecule has 0 atom stereocenters. The molecule has 0 aliphatic carbocycles. The minimum absolute atomic E-state index is 1.12. The Bertz CT molecular complexity index is 1880. The first-order valence-electron chi connectivity index (χ1n) is 15.1. The first kappa shape index (κ1) is 26.4. The molecule has 0 bridgehead atoms. The van der Waals surface area contributed by atoms with Gasteiger partial charge in [-0.05, 0) is 90.3 Å². The highest BCUT2D eigenvalue weighted by atomic mass is 28.3. The molecule has 0 radical (unpaired) electrons. The standard InChI is InChI=1S/C41H36Si/c1-5-42(4)40(36-28(2)24-26-30-16-12-14-22-34(30)36)38(32-18-8-6-9-19-32)39(33-20-10-7-11-21-33)41(42)37-29(3)25-27-31-17-13-15-23-35(31)37/h6-27H,5H2,1-4H3. The molecule has 0 N–H and O–H groups in total. The Labute approximate surface area is 250 Å². The number of hydrogen-bond donors (Lipinski definition) is 0. The summed E-state index contributed by atoms with van der Waals surface area (Å²) in [6.07, 6.45) is 0. The molecule has 6 aromatic carbocycles. The van der Waals surface area contributed by atoms with Gasteiger partial charge in [0.1, 0.15) is 8.07 Å². The highest BCUT2D eigenvalue weighted by Gasteiger charge is 2.47. The Balaban J connectivity index is 1.72. The lowest BCUT2D eigenvalue weighted by molar-refractivity contribution is 1.38. The zero-order valence-electron chi connectivity index (χ0n) is 24.9. The van der Waals surface area contributed by atoms with Crippen molar-refractivity contribution in [2.75, 3.05) is 0 Å². The molecular formula is C41H36Si. The van der Waals surface area contributed by atoms with Crippen LogP contribution in [0.25, 0.3) is 43.1 Å². The summed E-state index contributed by atoms with van der Waals surface area (Å²) in [5.74, 6) is 0. The Morgan fingerprint density at radius 1 is 0.452 bits per heavy atom. The molecule has 0 amide bonds. The third-order valence-corrected chi connectivity index (χ3v) is 14.1. The molecule has 1 aliphatic rings. The lowest BCUT2D eigenvalue weighted by Gasteiger charge is -2.32. The van der Waals surface area contributed by atoms with Gasteiger partial charge in [0.25, 0.3) is 0 Å². The van der Waals surface area contributed by atoms with E-state index in [4.69, 9.17) is 0 Å². The van der Waals surface area contributed by atoms with E-state index < -0.39 is 8.07 Å². The zero-order chi connectivity index (χ0) is 28.8. The Hall–Kier alpha value is -4.46. The normalized spacial score (nSPS) is 14.8. The van der Waals surface area contributed by atoms with E-state index in [0.29, 0.717) is 0 Å². The fourth-order valence-electron chi connectivity index (χ4n) is 7.29. The van der Waals surface area contributed by atoms with Crippen molar-refractivity contribution >= 4 is 51.2 Å². The molecule has 0 nitrogen and oxygen atoms in total. The molecule has 6 aromatic rings. The molecule has 0 spiro atoms. The van der Waals surface area contributed by atoms with Crippen molar-refractivity contribution in [3.05, 3.63) is 167 Å². The Kier molecular flexibility index (Phi) is 6.56. The molecule has 204 valence electrons. The van der Waals surface area contributed by atoms with E-state index in [0.717, 1.165) is 6.04 Å².